The number of hydrogen-bond acceptors (Lipinski definition) is 3. The molecule has 0 aliphatic heterocycles. The second kappa shape index (κ2) is 6.48. The van der Waals surface area contributed by atoms with Gasteiger partial charge in [0.05, 0.1) is 16.7 Å². The number of thiocarbonyl (C=S) groups is 1. The van der Waals surface area contributed by atoms with E-state index in [0.717, 1.165) is 18.8 Å². The fourth-order valence-corrected chi connectivity index (χ4v) is 2.81. The molecule has 1 atom stereocenters. The Morgan fingerprint density at radius 1 is 1.58 bits per heavy atom. The third-order valence-corrected chi connectivity index (χ3v) is 4.27. The van der Waals surface area contributed by atoms with E-state index in [0.29, 0.717) is 11.0 Å². The van der Waals surface area contributed by atoms with E-state index >= 15 is 0 Å². The van der Waals surface area contributed by atoms with Crippen molar-refractivity contribution in [2.45, 2.75) is 45.2 Å². The molecule has 2 N–H and O–H groups in total. The molecule has 1 aromatic heterocycles. The lowest BCUT2D eigenvalue weighted by Gasteiger charge is -2.19. The maximum absolute atomic E-state index is 5.65. The molecule has 2 rings (SSSR count). The zero-order valence-corrected chi connectivity index (χ0v) is 12.7. The quantitative estimate of drug-likeness (QED) is 0.813. The van der Waals surface area contributed by atoms with E-state index in [1.54, 1.807) is 0 Å². The highest BCUT2D eigenvalue weighted by Gasteiger charge is 2.18. The van der Waals surface area contributed by atoms with Crippen LogP contribution in [0, 0.1) is 5.92 Å². The van der Waals surface area contributed by atoms with E-state index in [9.17, 15) is 0 Å². The molecule has 1 fully saturated rings. The van der Waals surface area contributed by atoms with Crippen molar-refractivity contribution in [2.24, 2.45) is 11.7 Å². The summed E-state index contributed by atoms with van der Waals surface area (Å²) in [6.45, 7) is 3.80. The van der Waals surface area contributed by atoms with Gasteiger partial charge < -0.3 is 5.73 Å². The molecule has 0 spiro atoms. The summed E-state index contributed by atoms with van der Waals surface area (Å²) >= 11 is 5.01. The molecule has 5 heteroatoms. The first-order valence-electron chi connectivity index (χ1n) is 7.08. The lowest BCUT2D eigenvalue weighted by molar-refractivity contribution is 0.301. The summed E-state index contributed by atoms with van der Waals surface area (Å²) in [6.07, 6.45) is 7.34. The van der Waals surface area contributed by atoms with Gasteiger partial charge in [0.15, 0.2) is 0 Å². The average Bonchev–Trinajstić information content (AvgIpc) is 2.97. The molecule has 106 valence electrons. The molecular weight excluding hydrogens is 256 g/mol. The van der Waals surface area contributed by atoms with Crippen molar-refractivity contribution in [3.8, 4) is 0 Å². The summed E-state index contributed by atoms with van der Waals surface area (Å²) in [5.74, 6) is 0.247. The van der Waals surface area contributed by atoms with Gasteiger partial charge in [0.1, 0.15) is 0 Å². The van der Waals surface area contributed by atoms with Crippen LogP contribution in [0.3, 0.4) is 0 Å². The zero-order valence-electron chi connectivity index (χ0n) is 11.9. The SMILES string of the molecule is CC(CN(C)Cc1ccn(C2CCCC2)n1)C(N)=S. The summed E-state index contributed by atoms with van der Waals surface area (Å²) in [5.41, 5.74) is 6.78. The Kier molecular flexibility index (Phi) is 4.93. The van der Waals surface area contributed by atoms with E-state index in [1.165, 1.54) is 25.7 Å². The maximum atomic E-state index is 5.65. The normalized spacial score (nSPS) is 18.1. The van der Waals surface area contributed by atoms with Gasteiger partial charge in [-0.05, 0) is 26.0 Å². The van der Waals surface area contributed by atoms with Crippen LogP contribution in [0.1, 0.15) is 44.3 Å². The van der Waals surface area contributed by atoms with Crippen molar-refractivity contribution in [3.63, 3.8) is 0 Å². The van der Waals surface area contributed by atoms with Gasteiger partial charge in [0.25, 0.3) is 0 Å². The van der Waals surface area contributed by atoms with Crippen LogP contribution in [0.2, 0.25) is 0 Å². The van der Waals surface area contributed by atoms with E-state index in [4.69, 9.17) is 23.1 Å². The largest absolute Gasteiger partial charge is 0.393 e. The van der Waals surface area contributed by atoms with Crippen LogP contribution >= 0.6 is 12.2 Å². The Hall–Kier alpha value is -0.940. The number of nitrogens with zero attached hydrogens (tertiary/aromatic N) is 3. The Morgan fingerprint density at radius 2 is 2.26 bits per heavy atom. The summed E-state index contributed by atoms with van der Waals surface area (Å²) < 4.78 is 2.15. The van der Waals surface area contributed by atoms with Crippen LogP contribution in [0.5, 0.6) is 0 Å². The van der Waals surface area contributed by atoms with Crippen LogP contribution in [-0.4, -0.2) is 33.3 Å². The third kappa shape index (κ3) is 4.01. The predicted octanol–water partition coefficient (Wildman–Crippen LogP) is 2.35. The van der Waals surface area contributed by atoms with Crippen LogP contribution in [-0.2, 0) is 6.54 Å². The topological polar surface area (TPSA) is 47.1 Å². The third-order valence-electron chi connectivity index (χ3n) is 3.87. The van der Waals surface area contributed by atoms with Gasteiger partial charge >= 0.3 is 0 Å². The molecule has 0 bridgehead atoms. The molecule has 0 amide bonds. The molecule has 1 aliphatic carbocycles. The van der Waals surface area contributed by atoms with Gasteiger partial charge in [-0.25, -0.2) is 0 Å². The molecule has 4 nitrogen and oxygen atoms in total. The van der Waals surface area contributed by atoms with Crippen molar-refractivity contribution in [1.29, 1.82) is 0 Å². The summed E-state index contributed by atoms with van der Waals surface area (Å²) in [7, 11) is 2.09. The lowest BCUT2D eigenvalue weighted by atomic mass is 10.1. The molecule has 1 unspecified atom stereocenters. The van der Waals surface area contributed by atoms with Crippen LogP contribution in [0.4, 0.5) is 0 Å². The Bertz CT molecular complexity index is 423. The molecule has 0 radical (unpaired) electrons. The maximum Gasteiger partial charge on any atom is 0.0768 e. The van der Waals surface area contributed by atoms with Crippen molar-refractivity contribution in [1.82, 2.24) is 14.7 Å². The fraction of sp³-hybridized carbons (Fsp3) is 0.714. The highest BCUT2D eigenvalue weighted by Crippen LogP contribution is 2.28. The van der Waals surface area contributed by atoms with Gasteiger partial charge in [-0.15, -0.1) is 0 Å². The van der Waals surface area contributed by atoms with E-state index in [2.05, 4.69) is 35.8 Å². The van der Waals surface area contributed by atoms with E-state index < -0.39 is 0 Å². The van der Waals surface area contributed by atoms with Gasteiger partial charge in [0, 0.05) is 25.2 Å². The van der Waals surface area contributed by atoms with Crippen molar-refractivity contribution < 1.29 is 0 Å². The van der Waals surface area contributed by atoms with Crippen LogP contribution in [0.25, 0.3) is 0 Å². The van der Waals surface area contributed by atoms with Crippen molar-refractivity contribution in [2.75, 3.05) is 13.6 Å². The van der Waals surface area contributed by atoms with E-state index in [1.807, 2.05) is 0 Å². The zero-order chi connectivity index (χ0) is 13.8. The molecule has 0 aromatic carbocycles. The second-order valence-electron chi connectivity index (χ2n) is 5.73. The number of rotatable bonds is 6. The lowest BCUT2D eigenvalue weighted by Crippen LogP contribution is -2.31. The Morgan fingerprint density at radius 3 is 2.89 bits per heavy atom. The van der Waals surface area contributed by atoms with Crippen LogP contribution in [0.15, 0.2) is 12.3 Å². The summed E-state index contributed by atoms with van der Waals surface area (Å²) in [6, 6.07) is 2.75. The van der Waals surface area contributed by atoms with Gasteiger partial charge in [-0.1, -0.05) is 32.0 Å². The number of aromatic nitrogens is 2. The minimum absolute atomic E-state index is 0.247. The highest BCUT2D eigenvalue weighted by molar-refractivity contribution is 7.80. The van der Waals surface area contributed by atoms with Crippen molar-refractivity contribution in [3.05, 3.63) is 18.0 Å². The van der Waals surface area contributed by atoms with Gasteiger partial charge in [-0.3, -0.25) is 9.58 Å². The minimum atomic E-state index is 0.247. The number of nitrogens with two attached hydrogens (primary N) is 1. The van der Waals surface area contributed by atoms with Gasteiger partial charge in [0.2, 0.25) is 0 Å². The molecule has 1 aliphatic rings. The molecule has 1 aromatic rings. The second-order valence-corrected chi connectivity index (χ2v) is 6.20. The highest BCUT2D eigenvalue weighted by atomic mass is 32.1. The standard InChI is InChI=1S/C14H24N4S/c1-11(14(15)19)9-17(2)10-12-7-8-18(16-12)13-5-3-4-6-13/h7-8,11,13H,3-6,9-10H2,1-2H3,(H2,15,19). The molecule has 19 heavy (non-hydrogen) atoms. The average molecular weight is 280 g/mol. The first-order chi connectivity index (χ1) is 9.06. The number of hydrogen-bond donors (Lipinski definition) is 1. The van der Waals surface area contributed by atoms with E-state index in [-0.39, 0.29) is 5.92 Å². The molecular formula is C14H24N4S. The van der Waals surface area contributed by atoms with Gasteiger partial charge in [-0.2, -0.15) is 5.10 Å². The monoisotopic (exact) mass is 280 g/mol. The first-order valence-corrected chi connectivity index (χ1v) is 7.49. The molecule has 0 saturated heterocycles. The molecule has 1 saturated carbocycles. The predicted molar refractivity (Wildman–Crippen MR) is 82.0 cm³/mol. The Labute approximate surface area is 121 Å². The Balaban J connectivity index is 1.87. The van der Waals surface area contributed by atoms with Crippen molar-refractivity contribution >= 4 is 17.2 Å². The fourth-order valence-electron chi connectivity index (χ4n) is 2.73. The summed E-state index contributed by atoms with van der Waals surface area (Å²) in [4.78, 5) is 2.81. The summed E-state index contributed by atoms with van der Waals surface area (Å²) in [5, 5.41) is 4.70. The van der Waals surface area contributed by atoms with Crippen LogP contribution < -0.4 is 5.73 Å². The molecule has 1 heterocycles. The smallest absolute Gasteiger partial charge is 0.0768 e. The first kappa shape index (κ1) is 14.5. The minimum Gasteiger partial charge on any atom is -0.393 e.